The van der Waals surface area contributed by atoms with Crippen LogP contribution in [0.25, 0.3) is 0 Å². The Morgan fingerprint density at radius 1 is 1.04 bits per heavy atom. The Hall–Kier alpha value is -3.54. The lowest BCUT2D eigenvalue weighted by molar-refractivity contribution is 0.101. The van der Waals surface area contributed by atoms with E-state index >= 15 is 0 Å². The first-order valence-electron chi connectivity index (χ1n) is 8.56. The number of nitrogens with zero attached hydrogens (tertiary/aromatic N) is 2. The van der Waals surface area contributed by atoms with Gasteiger partial charge in [-0.1, -0.05) is 29.8 Å². The summed E-state index contributed by atoms with van der Waals surface area (Å²) < 4.78 is 0. The highest BCUT2D eigenvalue weighted by atomic mass is 16.2. The molecule has 0 spiro atoms. The molecule has 0 atom stereocenters. The van der Waals surface area contributed by atoms with Crippen LogP contribution < -0.4 is 10.6 Å². The molecule has 0 aliphatic heterocycles. The topological polar surface area (TPSA) is 84.0 Å². The zero-order valence-corrected chi connectivity index (χ0v) is 15.2. The molecule has 1 aromatic heterocycles. The average molecular weight is 360 g/mol. The molecule has 0 aliphatic carbocycles. The van der Waals surface area contributed by atoms with Crippen LogP contribution in [0, 0.1) is 6.92 Å². The maximum atomic E-state index is 12.4. The monoisotopic (exact) mass is 360 g/mol. The summed E-state index contributed by atoms with van der Waals surface area (Å²) in [5, 5.41) is 5.89. The molecule has 6 heteroatoms. The highest BCUT2D eigenvalue weighted by molar-refractivity contribution is 6.03. The third-order valence-corrected chi connectivity index (χ3v) is 3.97. The molecule has 6 nitrogen and oxygen atoms in total. The number of anilines is 2. The van der Waals surface area contributed by atoms with E-state index in [1.807, 2.05) is 25.1 Å². The summed E-state index contributed by atoms with van der Waals surface area (Å²) >= 11 is 0. The number of Topliss-reactive ketones (excluding diaryl/α,β-unsaturated/α-hetero) is 1. The molecule has 0 aliphatic rings. The predicted octanol–water partition coefficient (Wildman–Crippen LogP) is 3.85. The SMILES string of the molecule is CC(=O)c1ccc(NC(=O)c2ccnc(NCc3cccc(C)c3)n2)cc1. The Kier molecular flexibility index (Phi) is 5.56. The van der Waals surface area contributed by atoms with Crippen LogP contribution in [-0.2, 0) is 6.54 Å². The van der Waals surface area contributed by atoms with Gasteiger partial charge in [-0.2, -0.15) is 0 Å². The van der Waals surface area contributed by atoms with Crippen molar-refractivity contribution in [1.29, 1.82) is 0 Å². The first-order valence-corrected chi connectivity index (χ1v) is 8.56. The molecule has 2 aromatic carbocycles. The van der Waals surface area contributed by atoms with Crippen LogP contribution in [0.5, 0.6) is 0 Å². The van der Waals surface area contributed by atoms with Gasteiger partial charge in [0.05, 0.1) is 0 Å². The van der Waals surface area contributed by atoms with Crippen LogP contribution in [0.15, 0.2) is 60.8 Å². The molecule has 136 valence electrons. The van der Waals surface area contributed by atoms with Gasteiger partial charge in [0.25, 0.3) is 5.91 Å². The normalized spacial score (nSPS) is 10.3. The molecular formula is C21H20N4O2. The van der Waals surface area contributed by atoms with Crippen molar-refractivity contribution < 1.29 is 9.59 Å². The van der Waals surface area contributed by atoms with E-state index in [1.165, 1.54) is 12.5 Å². The first-order chi connectivity index (χ1) is 13.0. The minimum atomic E-state index is -0.341. The second-order valence-electron chi connectivity index (χ2n) is 6.20. The minimum Gasteiger partial charge on any atom is -0.350 e. The van der Waals surface area contributed by atoms with E-state index in [2.05, 4.69) is 26.7 Å². The van der Waals surface area contributed by atoms with Crippen LogP contribution in [0.2, 0.25) is 0 Å². The predicted molar refractivity (Wildman–Crippen MR) is 105 cm³/mol. The number of ketones is 1. The maximum Gasteiger partial charge on any atom is 0.274 e. The minimum absolute atomic E-state index is 0.0204. The van der Waals surface area contributed by atoms with Crippen molar-refractivity contribution in [3.8, 4) is 0 Å². The Morgan fingerprint density at radius 2 is 1.81 bits per heavy atom. The molecule has 27 heavy (non-hydrogen) atoms. The molecule has 0 fully saturated rings. The van der Waals surface area contributed by atoms with Crippen LogP contribution in [-0.4, -0.2) is 21.7 Å². The number of hydrogen-bond acceptors (Lipinski definition) is 5. The van der Waals surface area contributed by atoms with Crippen molar-refractivity contribution in [2.45, 2.75) is 20.4 Å². The van der Waals surface area contributed by atoms with Gasteiger partial charge in [0, 0.05) is 24.0 Å². The zero-order valence-electron chi connectivity index (χ0n) is 15.2. The van der Waals surface area contributed by atoms with Crippen LogP contribution in [0.3, 0.4) is 0 Å². The number of hydrogen-bond donors (Lipinski definition) is 2. The number of rotatable bonds is 6. The maximum absolute atomic E-state index is 12.4. The first kappa shape index (κ1) is 18.3. The molecule has 1 amide bonds. The lowest BCUT2D eigenvalue weighted by Crippen LogP contribution is -2.15. The summed E-state index contributed by atoms with van der Waals surface area (Å²) in [6.07, 6.45) is 1.54. The third kappa shape index (κ3) is 4.98. The number of aromatic nitrogens is 2. The largest absolute Gasteiger partial charge is 0.350 e. The lowest BCUT2D eigenvalue weighted by Gasteiger charge is -2.08. The van der Waals surface area contributed by atoms with Gasteiger partial charge in [0.2, 0.25) is 5.95 Å². The fourth-order valence-corrected chi connectivity index (χ4v) is 2.56. The van der Waals surface area contributed by atoms with Crippen molar-refractivity contribution >= 4 is 23.3 Å². The van der Waals surface area contributed by atoms with Gasteiger partial charge in [-0.25, -0.2) is 9.97 Å². The number of carbonyl (C=O) groups excluding carboxylic acids is 2. The molecule has 3 rings (SSSR count). The van der Waals surface area contributed by atoms with E-state index < -0.39 is 0 Å². The summed E-state index contributed by atoms with van der Waals surface area (Å²) in [6, 6.07) is 16.4. The van der Waals surface area contributed by atoms with Crippen LogP contribution in [0.1, 0.15) is 38.9 Å². The van der Waals surface area contributed by atoms with Crippen LogP contribution in [0.4, 0.5) is 11.6 Å². The number of nitrogens with one attached hydrogen (secondary N) is 2. The quantitative estimate of drug-likeness (QED) is 0.652. The molecule has 0 unspecified atom stereocenters. The van der Waals surface area contributed by atoms with Crippen LogP contribution >= 0.6 is 0 Å². The van der Waals surface area contributed by atoms with Gasteiger partial charge in [-0.3, -0.25) is 9.59 Å². The van der Waals surface area contributed by atoms with Gasteiger partial charge in [0.1, 0.15) is 5.69 Å². The van der Waals surface area contributed by atoms with Gasteiger partial charge in [-0.05, 0) is 49.7 Å². The lowest BCUT2D eigenvalue weighted by atomic mass is 10.1. The Balaban J connectivity index is 1.65. The van der Waals surface area contributed by atoms with E-state index in [4.69, 9.17) is 0 Å². The van der Waals surface area contributed by atoms with Crippen molar-refractivity contribution in [3.05, 3.63) is 83.2 Å². The molecule has 2 N–H and O–H groups in total. The highest BCUT2D eigenvalue weighted by Crippen LogP contribution is 2.12. The number of benzene rings is 2. The number of aryl methyl sites for hydroxylation is 1. The fraction of sp³-hybridized carbons (Fsp3) is 0.143. The van der Waals surface area contributed by atoms with Crippen molar-refractivity contribution in [3.63, 3.8) is 0 Å². The second kappa shape index (κ2) is 8.23. The molecule has 0 radical (unpaired) electrons. The molecule has 0 saturated carbocycles. The summed E-state index contributed by atoms with van der Waals surface area (Å²) in [5.74, 6) is 0.0238. The number of amides is 1. The van der Waals surface area contributed by atoms with Crippen molar-refractivity contribution in [2.24, 2.45) is 0 Å². The molecule has 3 aromatic rings. The van der Waals surface area contributed by atoms with E-state index in [1.54, 1.807) is 36.5 Å². The second-order valence-corrected chi connectivity index (χ2v) is 6.20. The summed E-state index contributed by atoms with van der Waals surface area (Å²) in [7, 11) is 0. The standard InChI is InChI=1S/C21H20N4O2/c1-14-4-3-5-16(12-14)13-23-21-22-11-10-19(25-21)20(27)24-18-8-6-17(7-9-18)15(2)26/h3-12H,13H2,1-2H3,(H,24,27)(H,22,23,25). The van der Waals surface area contributed by atoms with E-state index in [-0.39, 0.29) is 17.4 Å². The van der Waals surface area contributed by atoms with E-state index in [0.29, 0.717) is 23.7 Å². The number of carbonyl (C=O) groups is 2. The Labute approximate surface area is 157 Å². The summed E-state index contributed by atoms with van der Waals surface area (Å²) in [5.41, 5.74) is 3.74. The average Bonchev–Trinajstić information content (AvgIpc) is 2.67. The Bertz CT molecular complexity index is 968. The molecular weight excluding hydrogens is 340 g/mol. The van der Waals surface area contributed by atoms with Crippen molar-refractivity contribution in [1.82, 2.24) is 9.97 Å². The van der Waals surface area contributed by atoms with E-state index in [0.717, 1.165) is 5.56 Å². The van der Waals surface area contributed by atoms with Gasteiger partial charge < -0.3 is 10.6 Å². The van der Waals surface area contributed by atoms with Gasteiger partial charge in [-0.15, -0.1) is 0 Å². The smallest absolute Gasteiger partial charge is 0.274 e. The molecule has 1 heterocycles. The summed E-state index contributed by atoms with van der Waals surface area (Å²) in [4.78, 5) is 32.1. The zero-order chi connectivity index (χ0) is 19.2. The van der Waals surface area contributed by atoms with Crippen molar-refractivity contribution in [2.75, 3.05) is 10.6 Å². The molecule has 0 bridgehead atoms. The van der Waals surface area contributed by atoms with Gasteiger partial charge in [0.15, 0.2) is 5.78 Å². The van der Waals surface area contributed by atoms with E-state index in [9.17, 15) is 9.59 Å². The Morgan fingerprint density at radius 3 is 2.52 bits per heavy atom. The van der Waals surface area contributed by atoms with Gasteiger partial charge >= 0.3 is 0 Å². The highest BCUT2D eigenvalue weighted by Gasteiger charge is 2.10. The fourth-order valence-electron chi connectivity index (χ4n) is 2.56. The summed E-state index contributed by atoms with van der Waals surface area (Å²) in [6.45, 7) is 4.10. The third-order valence-electron chi connectivity index (χ3n) is 3.97. The molecule has 0 saturated heterocycles.